The topological polar surface area (TPSA) is 46.1 Å². The molecule has 1 unspecified atom stereocenters. The number of amides is 1. The van der Waals surface area contributed by atoms with E-state index in [9.17, 15) is 4.79 Å². The molecule has 0 aliphatic carbocycles. The average molecular weight is 233 g/mol. The van der Waals surface area contributed by atoms with Crippen LogP contribution in [0.3, 0.4) is 0 Å². The van der Waals surface area contributed by atoms with E-state index in [0.29, 0.717) is 11.7 Å². The molecule has 2 rings (SSSR count). The molecule has 1 amide bonds. The van der Waals surface area contributed by atoms with E-state index < -0.39 is 0 Å². The number of piperidine rings is 1. The zero-order chi connectivity index (χ0) is 12.3. The third-order valence-corrected chi connectivity index (χ3v) is 3.38. The van der Waals surface area contributed by atoms with Gasteiger partial charge in [0.15, 0.2) is 5.69 Å². The molecule has 0 aromatic carbocycles. The number of hydrogen-bond donors (Lipinski definition) is 0. The maximum Gasteiger partial charge on any atom is 0.274 e. The van der Waals surface area contributed by atoms with Crippen molar-refractivity contribution in [2.75, 3.05) is 6.54 Å². The first-order chi connectivity index (χ1) is 8.22. The van der Waals surface area contributed by atoms with E-state index in [4.69, 9.17) is 0 Å². The summed E-state index contributed by atoms with van der Waals surface area (Å²) in [6, 6.07) is 3.98. The minimum atomic E-state index is 0.0315. The Hall–Kier alpha value is -1.45. The monoisotopic (exact) mass is 233 g/mol. The molecule has 17 heavy (non-hydrogen) atoms. The molecule has 92 valence electrons. The van der Waals surface area contributed by atoms with Gasteiger partial charge < -0.3 is 4.90 Å². The number of nitrogens with zero attached hydrogens (tertiary/aromatic N) is 3. The lowest BCUT2D eigenvalue weighted by molar-refractivity contribution is 0.0600. The van der Waals surface area contributed by atoms with Crippen LogP contribution in [0.1, 0.15) is 48.8 Å². The highest BCUT2D eigenvalue weighted by atomic mass is 16.2. The van der Waals surface area contributed by atoms with Crippen LogP contribution >= 0.6 is 0 Å². The van der Waals surface area contributed by atoms with Crippen LogP contribution in [0.5, 0.6) is 0 Å². The van der Waals surface area contributed by atoms with Crippen molar-refractivity contribution in [3.63, 3.8) is 0 Å². The predicted molar refractivity (Wildman–Crippen MR) is 65.7 cm³/mol. The van der Waals surface area contributed by atoms with E-state index in [2.05, 4.69) is 17.1 Å². The highest BCUT2D eigenvalue weighted by Crippen LogP contribution is 2.21. The van der Waals surface area contributed by atoms with Crippen LogP contribution in [0.25, 0.3) is 0 Å². The molecule has 0 N–H and O–H groups in total. The van der Waals surface area contributed by atoms with Gasteiger partial charge in [-0.1, -0.05) is 6.92 Å². The van der Waals surface area contributed by atoms with Crippen LogP contribution in [0, 0.1) is 6.92 Å². The van der Waals surface area contributed by atoms with Gasteiger partial charge in [-0.15, -0.1) is 5.10 Å². The van der Waals surface area contributed by atoms with Crippen LogP contribution in [0.15, 0.2) is 12.1 Å². The highest BCUT2D eigenvalue weighted by Gasteiger charge is 2.26. The van der Waals surface area contributed by atoms with Gasteiger partial charge in [-0.2, -0.15) is 5.10 Å². The summed E-state index contributed by atoms with van der Waals surface area (Å²) in [6.45, 7) is 4.86. The van der Waals surface area contributed by atoms with Crippen molar-refractivity contribution in [2.45, 2.75) is 45.6 Å². The van der Waals surface area contributed by atoms with Crippen LogP contribution in [0.4, 0.5) is 0 Å². The van der Waals surface area contributed by atoms with Crippen LogP contribution < -0.4 is 0 Å². The molecule has 4 nitrogen and oxygen atoms in total. The quantitative estimate of drug-likeness (QED) is 0.786. The molecule has 4 heteroatoms. The zero-order valence-corrected chi connectivity index (χ0v) is 10.5. The van der Waals surface area contributed by atoms with Crippen molar-refractivity contribution >= 4 is 5.91 Å². The van der Waals surface area contributed by atoms with Crippen molar-refractivity contribution in [3.8, 4) is 0 Å². The van der Waals surface area contributed by atoms with Gasteiger partial charge in [-0.25, -0.2) is 0 Å². The fourth-order valence-corrected chi connectivity index (χ4v) is 2.35. The Morgan fingerprint density at radius 3 is 2.88 bits per heavy atom. The first-order valence-corrected chi connectivity index (χ1v) is 6.33. The summed E-state index contributed by atoms with van der Waals surface area (Å²) in [6.07, 6.45) is 4.45. The zero-order valence-electron chi connectivity index (χ0n) is 10.5. The number of carbonyl (C=O) groups is 1. The van der Waals surface area contributed by atoms with Gasteiger partial charge in [0.2, 0.25) is 0 Å². The third kappa shape index (κ3) is 2.62. The van der Waals surface area contributed by atoms with Gasteiger partial charge in [0.05, 0.1) is 5.69 Å². The van der Waals surface area contributed by atoms with Crippen molar-refractivity contribution in [3.05, 3.63) is 23.5 Å². The van der Waals surface area contributed by atoms with Crippen LogP contribution in [-0.2, 0) is 0 Å². The lowest BCUT2D eigenvalue weighted by Gasteiger charge is -2.34. The van der Waals surface area contributed by atoms with Crippen LogP contribution in [0.2, 0.25) is 0 Å². The summed E-state index contributed by atoms with van der Waals surface area (Å²) in [5.41, 5.74) is 1.31. The van der Waals surface area contributed by atoms with Crippen molar-refractivity contribution in [2.24, 2.45) is 0 Å². The minimum Gasteiger partial charge on any atom is -0.334 e. The maximum atomic E-state index is 12.3. The summed E-state index contributed by atoms with van der Waals surface area (Å²) in [5, 5.41) is 7.93. The van der Waals surface area contributed by atoms with Crippen LogP contribution in [-0.4, -0.2) is 33.6 Å². The first kappa shape index (κ1) is 12.0. The van der Waals surface area contributed by atoms with Gasteiger partial charge in [-0.05, 0) is 44.7 Å². The molecule has 2 heterocycles. The van der Waals surface area contributed by atoms with Crippen molar-refractivity contribution in [1.29, 1.82) is 0 Å². The molecular weight excluding hydrogens is 214 g/mol. The second-order valence-corrected chi connectivity index (χ2v) is 4.62. The molecule has 1 fully saturated rings. The van der Waals surface area contributed by atoms with Gasteiger partial charge in [0.25, 0.3) is 5.91 Å². The Bertz CT molecular complexity index is 388. The second-order valence-electron chi connectivity index (χ2n) is 4.62. The lowest BCUT2D eigenvalue weighted by Crippen LogP contribution is -2.43. The summed E-state index contributed by atoms with van der Waals surface area (Å²) in [5.74, 6) is 0.0315. The smallest absolute Gasteiger partial charge is 0.274 e. The Kier molecular flexibility index (Phi) is 3.71. The lowest BCUT2D eigenvalue weighted by atomic mass is 9.99. The molecular formula is C13H19N3O. The molecule has 0 spiro atoms. The number of carbonyl (C=O) groups excluding carboxylic acids is 1. The Morgan fingerprint density at radius 1 is 1.41 bits per heavy atom. The summed E-state index contributed by atoms with van der Waals surface area (Å²) >= 11 is 0. The average Bonchev–Trinajstić information content (AvgIpc) is 2.39. The molecule has 0 bridgehead atoms. The Balaban J connectivity index is 2.15. The molecule has 0 radical (unpaired) electrons. The standard InChI is InChI=1S/C13H19N3O/c1-3-11-6-4-5-9-16(11)13(17)12-8-7-10(2)14-15-12/h7-8,11H,3-6,9H2,1-2H3. The summed E-state index contributed by atoms with van der Waals surface area (Å²) < 4.78 is 0. The van der Waals surface area contributed by atoms with E-state index in [1.165, 1.54) is 6.42 Å². The molecule has 1 saturated heterocycles. The van der Waals surface area contributed by atoms with E-state index in [-0.39, 0.29) is 5.91 Å². The third-order valence-electron chi connectivity index (χ3n) is 3.38. The SMILES string of the molecule is CCC1CCCCN1C(=O)c1ccc(C)nn1. The fourth-order valence-electron chi connectivity index (χ4n) is 2.35. The van der Waals surface area contributed by atoms with Gasteiger partial charge in [-0.3, -0.25) is 4.79 Å². The number of aromatic nitrogens is 2. The highest BCUT2D eigenvalue weighted by molar-refractivity contribution is 5.92. The number of aryl methyl sites for hydroxylation is 1. The Labute approximate surface area is 102 Å². The van der Waals surface area contributed by atoms with E-state index in [1.54, 1.807) is 6.07 Å². The number of likely N-dealkylation sites (tertiary alicyclic amines) is 1. The van der Waals surface area contributed by atoms with E-state index in [0.717, 1.165) is 31.5 Å². The first-order valence-electron chi connectivity index (χ1n) is 6.33. The normalized spacial score (nSPS) is 20.4. The van der Waals surface area contributed by atoms with E-state index >= 15 is 0 Å². The molecule has 1 aliphatic heterocycles. The minimum absolute atomic E-state index is 0.0315. The number of rotatable bonds is 2. The fraction of sp³-hybridized carbons (Fsp3) is 0.615. The summed E-state index contributed by atoms with van der Waals surface area (Å²) in [4.78, 5) is 14.3. The van der Waals surface area contributed by atoms with Crippen molar-refractivity contribution in [1.82, 2.24) is 15.1 Å². The molecule has 0 saturated carbocycles. The Morgan fingerprint density at radius 2 is 2.24 bits per heavy atom. The van der Waals surface area contributed by atoms with Gasteiger partial charge >= 0.3 is 0 Å². The molecule has 1 aromatic rings. The molecule has 1 aliphatic rings. The van der Waals surface area contributed by atoms with Gasteiger partial charge in [0, 0.05) is 12.6 Å². The molecule has 1 atom stereocenters. The van der Waals surface area contributed by atoms with Gasteiger partial charge in [0.1, 0.15) is 0 Å². The van der Waals surface area contributed by atoms with E-state index in [1.807, 2.05) is 17.9 Å². The predicted octanol–water partition coefficient (Wildman–Crippen LogP) is 2.19. The maximum absolute atomic E-state index is 12.3. The summed E-state index contributed by atoms with van der Waals surface area (Å²) in [7, 11) is 0. The second kappa shape index (κ2) is 5.25. The largest absolute Gasteiger partial charge is 0.334 e. The van der Waals surface area contributed by atoms with Crippen molar-refractivity contribution < 1.29 is 4.79 Å². The number of hydrogen-bond acceptors (Lipinski definition) is 3. The molecule has 1 aromatic heterocycles.